The van der Waals surface area contributed by atoms with Gasteiger partial charge in [0, 0.05) is 38.4 Å². The Labute approximate surface area is 194 Å². The Morgan fingerprint density at radius 3 is 2.67 bits per heavy atom. The summed E-state index contributed by atoms with van der Waals surface area (Å²) in [6, 6.07) is 13.9. The average molecular weight is 471 g/mol. The van der Waals surface area contributed by atoms with Crippen molar-refractivity contribution in [3.63, 3.8) is 0 Å². The van der Waals surface area contributed by atoms with Crippen molar-refractivity contribution in [2.45, 2.75) is 44.0 Å². The maximum atomic E-state index is 13.1. The number of sulfonamides is 1. The number of benzene rings is 2. The van der Waals surface area contributed by atoms with Crippen LogP contribution in [0.1, 0.15) is 43.0 Å². The number of nitrogens with one attached hydrogen (secondary N) is 1. The Balaban J connectivity index is 1.57. The maximum Gasteiger partial charge on any atom is 0.258 e. The van der Waals surface area contributed by atoms with Crippen molar-refractivity contribution in [1.29, 1.82) is 0 Å². The van der Waals surface area contributed by atoms with Crippen LogP contribution in [-0.2, 0) is 21.3 Å². The average Bonchev–Trinajstić information content (AvgIpc) is 3.19. The molecule has 0 atom stereocenters. The SMILES string of the molecule is CCOCCCn1c(NC(=O)c2cccc(S(=O)(=O)N3CCCCC3)c2)nc2ccccc21. The summed E-state index contributed by atoms with van der Waals surface area (Å²) >= 11 is 0. The molecule has 0 spiro atoms. The van der Waals surface area contributed by atoms with Gasteiger partial charge in [0.25, 0.3) is 5.91 Å². The molecule has 1 fully saturated rings. The van der Waals surface area contributed by atoms with Crippen molar-refractivity contribution in [2.24, 2.45) is 0 Å². The third-order valence-corrected chi connectivity index (χ3v) is 7.70. The topological polar surface area (TPSA) is 93.5 Å². The van der Waals surface area contributed by atoms with Crippen LogP contribution in [0.4, 0.5) is 5.95 Å². The zero-order chi connectivity index (χ0) is 23.3. The standard InChI is InChI=1S/C24H30N4O4S/c1-2-32-17-9-16-28-22-13-5-4-12-21(22)25-24(28)26-23(29)19-10-8-11-20(18-19)33(30,31)27-14-6-3-7-15-27/h4-5,8,10-13,18H,2-3,6-7,9,14-17H2,1H3,(H,25,26,29). The van der Waals surface area contributed by atoms with Gasteiger partial charge < -0.3 is 9.30 Å². The molecule has 0 bridgehead atoms. The number of para-hydroxylation sites is 2. The summed E-state index contributed by atoms with van der Waals surface area (Å²) in [4.78, 5) is 17.8. The minimum atomic E-state index is -3.62. The van der Waals surface area contributed by atoms with Crippen LogP contribution in [0, 0.1) is 0 Å². The van der Waals surface area contributed by atoms with Crippen molar-refractivity contribution >= 4 is 32.9 Å². The number of amides is 1. The molecule has 8 nitrogen and oxygen atoms in total. The Kier molecular flexibility index (Phi) is 7.42. The number of ether oxygens (including phenoxy) is 1. The Hall–Kier alpha value is -2.75. The van der Waals surface area contributed by atoms with E-state index >= 15 is 0 Å². The molecule has 1 saturated heterocycles. The predicted molar refractivity (Wildman–Crippen MR) is 128 cm³/mol. The molecule has 2 heterocycles. The number of anilines is 1. The summed E-state index contributed by atoms with van der Waals surface area (Å²) < 4.78 is 35.0. The maximum absolute atomic E-state index is 13.1. The molecule has 1 amide bonds. The quantitative estimate of drug-likeness (QED) is 0.479. The normalized spacial score (nSPS) is 15.1. The van der Waals surface area contributed by atoms with Gasteiger partial charge in [0.1, 0.15) is 0 Å². The number of hydrogen-bond donors (Lipinski definition) is 1. The van der Waals surface area contributed by atoms with E-state index in [-0.39, 0.29) is 10.5 Å². The fraction of sp³-hybridized carbons (Fsp3) is 0.417. The number of imidazole rings is 1. The molecule has 1 aliphatic heterocycles. The number of aryl methyl sites for hydroxylation is 1. The number of carbonyl (C=O) groups is 1. The molecule has 1 N–H and O–H groups in total. The van der Waals surface area contributed by atoms with E-state index in [4.69, 9.17) is 4.74 Å². The van der Waals surface area contributed by atoms with E-state index < -0.39 is 15.9 Å². The minimum Gasteiger partial charge on any atom is -0.382 e. The molecule has 9 heteroatoms. The van der Waals surface area contributed by atoms with Crippen molar-refractivity contribution in [3.8, 4) is 0 Å². The molecule has 33 heavy (non-hydrogen) atoms. The third-order valence-electron chi connectivity index (χ3n) is 5.80. The van der Waals surface area contributed by atoms with Gasteiger partial charge in [-0.15, -0.1) is 0 Å². The minimum absolute atomic E-state index is 0.141. The highest BCUT2D eigenvalue weighted by Gasteiger charge is 2.26. The second kappa shape index (κ2) is 10.5. The molecule has 0 aliphatic carbocycles. The predicted octanol–water partition coefficient (Wildman–Crippen LogP) is 3.89. The van der Waals surface area contributed by atoms with Crippen molar-refractivity contribution in [1.82, 2.24) is 13.9 Å². The van der Waals surface area contributed by atoms with Crippen LogP contribution in [0.2, 0.25) is 0 Å². The first kappa shape index (κ1) is 23.4. The van der Waals surface area contributed by atoms with E-state index in [2.05, 4.69) is 10.3 Å². The summed E-state index contributed by atoms with van der Waals surface area (Å²) in [6.07, 6.45) is 3.54. The Morgan fingerprint density at radius 1 is 1.09 bits per heavy atom. The van der Waals surface area contributed by atoms with E-state index in [1.165, 1.54) is 10.4 Å². The number of carbonyl (C=O) groups excluding carboxylic acids is 1. The number of fused-ring (bicyclic) bond motifs is 1. The number of hydrogen-bond acceptors (Lipinski definition) is 5. The van der Waals surface area contributed by atoms with Crippen molar-refractivity contribution in [2.75, 3.05) is 31.6 Å². The highest BCUT2D eigenvalue weighted by molar-refractivity contribution is 7.89. The van der Waals surface area contributed by atoms with Gasteiger partial charge in [0.2, 0.25) is 16.0 Å². The van der Waals surface area contributed by atoms with Gasteiger partial charge in [-0.3, -0.25) is 10.1 Å². The van der Waals surface area contributed by atoms with Gasteiger partial charge in [0.15, 0.2) is 0 Å². The van der Waals surface area contributed by atoms with Gasteiger partial charge in [-0.05, 0) is 56.5 Å². The lowest BCUT2D eigenvalue weighted by molar-refractivity contribution is 0.102. The molecule has 1 aliphatic rings. The molecule has 4 rings (SSSR count). The van der Waals surface area contributed by atoms with Crippen LogP contribution in [0.5, 0.6) is 0 Å². The largest absolute Gasteiger partial charge is 0.382 e. The number of piperidine rings is 1. The smallest absolute Gasteiger partial charge is 0.258 e. The van der Waals surface area contributed by atoms with Crippen LogP contribution in [0.25, 0.3) is 11.0 Å². The van der Waals surface area contributed by atoms with E-state index in [1.807, 2.05) is 35.8 Å². The van der Waals surface area contributed by atoms with Crippen LogP contribution in [-0.4, -0.2) is 54.5 Å². The third kappa shape index (κ3) is 5.26. The first-order valence-corrected chi connectivity index (χ1v) is 12.9. The van der Waals surface area contributed by atoms with E-state index in [0.717, 1.165) is 36.7 Å². The van der Waals surface area contributed by atoms with Crippen LogP contribution in [0.3, 0.4) is 0 Å². The first-order chi connectivity index (χ1) is 16.0. The van der Waals surface area contributed by atoms with Gasteiger partial charge in [0.05, 0.1) is 15.9 Å². The van der Waals surface area contributed by atoms with Crippen LogP contribution in [0.15, 0.2) is 53.4 Å². The number of rotatable bonds is 9. The summed E-state index contributed by atoms with van der Waals surface area (Å²) in [5.74, 6) is 0.0362. The molecule has 0 radical (unpaired) electrons. The summed E-state index contributed by atoms with van der Waals surface area (Å²) in [7, 11) is -3.62. The first-order valence-electron chi connectivity index (χ1n) is 11.5. The zero-order valence-electron chi connectivity index (χ0n) is 18.9. The molecule has 0 saturated carbocycles. The van der Waals surface area contributed by atoms with Crippen LogP contribution < -0.4 is 5.32 Å². The summed E-state index contributed by atoms with van der Waals surface area (Å²) in [5, 5.41) is 2.88. The van der Waals surface area contributed by atoms with Crippen molar-refractivity contribution < 1.29 is 17.9 Å². The molecular weight excluding hydrogens is 440 g/mol. The second-order valence-electron chi connectivity index (χ2n) is 8.07. The number of aromatic nitrogens is 2. The molecule has 2 aromatic carbocycles. The molecule has 3 aromatic rings. The van der Waals surface area contributed by atoms with E-state index in [1.54, 1.807) is 18.2 Å². The summed E-state index contributed by atoms with van der Waals surface area (Å²) in [5.41, 5.74) is 1.98. The number of nitrogens with zero attached hydrogens (tertiary/aromatic N) is 3. The lowest BCUT2D eigenvalue weighted by Gasteiger charge is -2.26. The van der Waals surface area contributed by atoms with Gasteiger partial charge >= 0.3 is 0 Å². The highest BCUT2D eigenvalue weighted by atomic mass is 32.2. The zero-order valence-corrected chi connectivity index (χ0v) is 19.7. The fourth-order valence-electron chi connectivity index (χ4n) is 4.09. The van der Waals surface area contributed by atoms with Gasteiger partial charge in [-0.1, -0.05) is 24.6 Å². The highest BCUT2D eigenvalue weighted by Crippen LogP contribution is 2.23. The Morgan fingerprint density at radius 2 is 1.88 bits per heavy atom. The van der Waals surface area contributed by atoms with Crippen LogP contribution >= 0.6 is 0 Å². The lowest BCUT2D eigenvalue weighted by Crippen LogP contribution is -2.35. The van der Waals surface area contributed by atoms with Gasteiger partial charge in [-0.25, -0.2) is 13.4 Å². The second-order valence-corrected chi connectivity index (χ2v) is 10.0. The Bertz CT molecular complexity index is 1220. The van der Waals surface area contributed by atoms with E-state index in [0.29, 0.717) is 38.8 Å². The fourth-order valence-corrected chi connectivity index (χ4v) is 5.66. The lowest BCUT2D eigenvalue weighted by atomic mass is 10.2. The van der Waals surface area contributed by atoms with E-state index in [9.17, 15) is 13.2 Å². The molecule has 176 valence electrons. The molecule has 0 unspecified atom stereocenters. The monoisotopic (exact) mass is 470 g/mol. The summed E-state index contributed by atoms with van der Waals surface area (Å²) in [6.45, 7) is 4.91. The van der Waals surface area contributed by atoms with Gasteiger partial charge in [-0.2, -0.15) is 4.31 Å². The molecular formula is C24H30N4O4S. The van der Waals surface area contributed by atoms with Crippen molar-refractivity contribution in [3.05, 3.63) is 54.1 Å². The molecule has 1 aromatic heterocycles.